The Hall–Kier alpha value is -2.05. The van der Waals surface area contributed by atoms with Crippen molar-refractivity contribution in [2.45, 2.75) is 25.4 Å². The van der Waals surface area contributed by atoms with Crippen LogP contribution in [0.5, 0.6) is 5.75 Å². The third-order valence-electron chi connectivity index (χ3n) is 4.02. The summed E-state index contributed by atoms with van der Waals surface area (Å²) < 4.78 is 10.4. The minimum absolute atomic E-state index is 0.0733. The van der Waals surface area contributed by atoms with Crippen molar-refractivity contribution < 1.29 is 19.1 Å². The SMILES string of the molecule is COC(=O)CCC(=O)NC[C@H]1Cc2cc(-c3ccsc3)cc(Cl)c2O1. The van der Waals surface area contributed by atoms with Crippen molar-refractivity contribution in [2.24, 2.45) is 0 Å². The number of amides is 1. The van der Waals surface area contributed by atoms with Crippen molar-refractivity contribution in [3.63, 3.8) is 0 Å². The van der Waals surface area contributed by atoms with Gasteiger partial charge in [0.2, 0.25) is 5.91 Å². The highest BCUT2D eigenvalue weighted by molar-refractivity contribution is 7.08. The van der Waals surface area contributed by atoms with Gasteiger partial charge in [0.1, 0.15) is 11.9 Å². The molecule has 0 saturated heterocycles. The van der Waals surface area contributed by atoms with Gasteiger partial charge in [0.15, 0.2) is 0 Å². The number of hydrogen-bond acceptors (Lipinski definition) is 5. The molecular weight excluding hydrogens is 362 g/mol. The Morgan fingerprint density at radius 3 is 2.92 bits per heavy atom. The summed E-state index contributed by atoms with van der Waals surface area (Å²) in [5, 5.41) is 7.47. The molecule has 1 amide bonds. The Labute approximate surface area is 154 Å². The van der Waals surface area contributed by atoms with Gasteiger partial charge in [-0.1, -0.05) is 11.6 Å². The normalized spacial score (nSPS) is 15.4. The number of fused-ring (bicyclic) bond motifs is 1. The highest BCUT2D eigenvalue weighted by atomic mass is 35.5. The largest absolute Gasteiger partial charge is 0.486 e. The molecule has 1 aliphatic heterocycles. The third kappa shape index (κ3) is 4.32. The predicted octanol–water partition coefficient (Wildman–Crippen LogP) is 3.44. The number of benzene rings is 1. The van der Waals surface area contributed by atoms with Gasteiger partial charge in [0, 0.05) is 18.4 Å². The Morgan fingerprint density at radius 1 is 1.36 bits per heavy atom. The number of ether oxygens (including phenoxy) is 2. The van der Waals surface area contributed by atoms with Crippen molar-refractivity contribution in [2.75, 3.05) is 13.7 Å². The topological polar surface area (TPSA) is 64.6 Å². The monoisotopic (exact) mass is 379 g/mol. The summed E-state index contributed by atoms with van der Waals surface area (Å²) in [6.45, 7) is 0.374. The first-order chi connectivity index (χ1) is 12.1. The molecule has 0 saturated carbocycles. The summed E-state index contributed by atoms with van der Waals surface area (Å²) in [4.78, 5) is 22.8. The molecule has 2 aromatic rings. The molecule has 1 aromatic heterocycles. The van der Waals surface area contributed by atoms with Gasteiger partial charge in [-0.05, 0) is 40.1 Å². The average Bonchev–Trinajstić information content (AvgIpc) is 3.27. The van der Waals surface area contributed by atoms with Crippen LogP contribution < -0.4 is 10.1 Å². The van der Waals surface area contributed by atoms with E-state index >= 15 is 0 Å². The Morgan fingerprint density at radius 2 is 2.20 bits per heavy atom. The van der Waals surface area contributed by atoms with Gasteiger partial charge >= 0.3 is 5.97 Å². The lowest BCUT2D eigenvalue weighted by Gasteiger charge is -2.12. The molecule has 0 radical (unpaired) electrons. The molecule has 1 atom stereocenters. The quantitative estimate of drug-likeness (QED) is 0.781. The van der Waals surface area contributed by atoms with Crippen molar-refractivity contribution >= 4 is 34.8 Å². The fourth-order valence-corrected chi connectivity index (χ4v) is 3.68. The Balaban J connectivity index is 1.57. The molecule has 2 heterocycles. The van der Waals surface area contributed by atoms with Crippen LogP contribution in [0.15, 0.2) is 29.0 Å². The van der Waals surface area contributed by atoms with Crippen molar-refractivity contribution in [1.82, 2.24) is 5.32 Å². The zero-order chi connectivity index (χ0) is 17.8. The van der Waals surface area contributed by atoms with Crippen molar-refractivity contribution in [1.29, 1.82) is 0 Å². The van der Waals surface area contributed by atoms with Crippen LogP contribution in [0, 0.1) is 0 Å². The van der Waals surface area contributed by atoms with E-state index in [0.717, 1.165) is 16.7 Å². The highest BCUT2D eigenvalue weighted by Gasteiger charge is 2.26. The van der Waals surface area contributed by atoms with E-state index in [9.17, 15) is 9.59 Å². The summed E-state index contributed by atoms with van der Waals surface area (Å²) in [5.41, 5.74) is 3.24. The second-order valence-electron chi connectivity index (χ2n) is 5.78. The maximum atomic E-state index is 11.8. The van der Waals surface area contributed by atoms with E-state index in [1.54, 1.807) is 11.3 Å². The number of nitrogens with one attached hydrogen (secondary N) is 1. The molecule has 0 unspecified atom stereocenters. The summed E-state index contributed by atoms with van der Waals surface area (Å²) in [7, 11) is 1.30. The van der Waals surface area contributed by atoms with E-state index in [1.165, 1.54) is 7.11 Å². The van der Waals surface area contributed by atoms with E-state index in [-0.39, 0.29) is 24.9 Å². The Bertz CT molecular complexity index is 776. The molecule has 7 heteroatoms. The second-order valence-corrected chi connectivity index (χ2v) is 6.97. The average molecular weight is 380 g/mol. The molecule has 0 aliphatic carbocycles. The minimum atomic E-state index is -0.396. The van der Waals surface area contributed by atoms with Crippen molar-refractivity contribution in [3.8, 4) is 16.9 Å². The molecule has 1 aliphatic rings. The third-order valence-corrected chi connectivity index (χ3v) is 4.98. The summed E-state index contributed by atoms with van der Waals surface area (Å²) in [6.07, 6.45) is 0.705. The van der Waals surface area contributed by atoms with E-state index in [2.05, 4.69) is 27.6 Å². The molecule has 5 nitrogen and oxygen atoms in total. The fraction of sp³-hybridized carbons (Fsp3) is 0.333. The van der Waals surface area contributed by atoms with Crippen LogP contribution >= 0.6 is 22.9 Å². The van der Waals surface area contributed by atoms with Gasteiger partial charge in [-0.3, -0.25) is 9.59 Å². The molecular formula is C18H18ClNO4S. The summed E-state index contributed by atoms with van der Waals surface area (Å²) >= 11 is 8.00. The van der Waals surface area contributed by atoms with Gasteiger partial charge in [-0.2, -0.15) is 11.3 Å². The minimum Gasteiger partial charge on any atom is -0.486 e. The number of carbonyl (C=O) groups excluding carboxylic acids is 2. The number of esters is 1. The van der Waals surface area contributed by atoms with Gasteiger partial charge in [-0.15, -0.1) is 0 Å². The lowest BCUT2D eigenvalue weighted by Crippen LogP contribution is -2.34. The van der Waals surface area contributed by atoms with Gasteiger partial charge < -0.3 is 14.8 Å². The Kier molecular flexibility index (Phi) is 5.60. The maximum Gasteiger partial charge on any atom is 0.306 e. The van der Waals surface area contributed by atoms with Crippen LogP contribution in [-0.2, 0) is 20.7 Å². The predicted molar refractivity (Wildman–Crippen MR) is 97.1 cm³/mol. The van der Waals surface area contributed by atoms with Crippen LogP contribution in [0.3, 0.4) is 0 Å². The van der Waals surface area contributed by atoms with Crippen LogP contribution in [0.2, 0.25) is 5.02 Å². The molecule has 0 fully saturated rings. The number of methoxy groups -OCH3 is 1. The number of thiophene rings is 1. The number of halogens is 1. The van der Waals surface area contributed by atoms with Crippen LogP contribution in [0.4, 0.5) is 0 Å². The zero-order valence-corrected chi connectivity index (χ0v) is 15.3. The van der Waals surface area contributed by atoms with Crippen LogP contribution in [0.25, 0.3) is 11.1 Å². The van der Waals surface area contributed by atoms with E-state index in [4.69, 9.17) is 16.3 Å². The molecule has 1 aromatic carbocycles. The molecule has 0 bridgehead atoms. The number of carbonyl (C=O) groups is 2. The molecule has 1 N–H and O–H groups in total. The summed E-state index contributed by atoms with van der Waals surface area (Å²) in [5.74, 6) is 0.0943. The van der Waals surface area contributed by atoms with E-state index in [1.807, 2.05) is 11.4 Å². The number of hydrogen-bond donors (Lipinski definition) is 1. The standard InChI is InChI=1S/C18H18ClNO4S/c1-23-17(22)3-2-16(21)20-9-14-7-13-6-12(11-4-5-25-10-11)8-15(19)18(13)24-14/h4-6,8,10,14H,2-3,7,9H2,1H3,(H,20,21)/t14-/m1/s1. The van der Waals surface area contributed by atoms with Gasteiger partial charge in [-0.25, -0.2) is 0 Å². The van der Waals surface area contributed by atoms with Gasteiger partial charge in [0.25, 0.3) is 0 Å². The first kappa shape index (κ1) is 17.8. The summed E-state index contributed by atoms with van der Waals surface area (Å²) in [6, 6.07) is 6.04. The van der Waals surface area contributed by atoms with Gasteiger partial charge in [0.05, 0.1) is 25.1 Å². The first-order valence-corrected chi connectivity index (χ1v) is 9.24. The molecule has 132 valence electrons. The fourth-order valence-electron chi connectivity index (χ4n) is 2.73. The van der Waals surface area contributed by atoms with Crippen molar-refractivity contribution in [3.05, 3.63) is 39.5 Å². The highest BCUT2D eigenvalue weighted by Crippen LogP contribution is 2.39. The molecule has 3 rings (SSSR count). The number of rotatable bonds is 6. The first-order valence-electron chi connectivity index (χ1n) is 7.92. The second kappa shape index (κ2) is 7.89. The van der Waals surface area contributed by atoms with E-state index < -0.39 is 5.97 Å². The lowest BCUT2D eigenvalue weighted by molar-refractivity contribution is -0.142. The lowest BCUT2D eigenvalue weighted by atomic mass is 10.0. The molecule has 25 heavy (non-hydrogen) atoms. The van der Waals surface area contributed by atoms with Crippen LogP contribution in [0.1, 0.15) is 18.4 Å². The molecule has 0 spiro atoms. The smallest absolute Gasteiger partial charge is 0.306 e. The maximum absolute atomic E-state index is 11.8. The zero-order valence-electron chi connectivity index (χ0n) is 13.7. The van der Waals surface area contributed by atoms with E-state index in [0.29, 0.717) is 23.7 Å². The van der Waals surface area contributed by atoms with Crippen LogP contribution in [-0.4, -0.2) is 31.6 Å².